The molecule has 0 amide bonds. The minimum absolute atomic E-state index is 0.231. The van der Waals surface area contributed by atoms with Crippen LogP contribution in [0.4, 0.5) is 0 Å². The van der Waals surface area contributed by atoms with Crippen LogP contribution in [-0.2, 0) is 7.05 Å². The first kappa shape index (κ1) is 13.4. The quantitative estimate of drug-likeness (QED) is 0.875. The Kier molecular flexibility index (Phi) is 4.24. The Bertz CT molecular complexity index is 396. The molecule has 0 radical (unpaired) electrons. The van der Waals surface area contributed by atoms with Crippen molar-refractivity contribution in [2.75, 3.05) is 26.7 Å². The molecule has 0 saturated carbocycles. The number of methoxy groups -OCH3 is 1. The largest absolute Gasteiger partial charge is 0.481 e. The third kappa shape index (κ3) is 2.37. The van der Waals surface area contributed by atoms with E-state index in [0.717, 1.165) is 30.2 Å². The lowest BCUT2D eigenvalue weighted by Crippen LogP contribution is -2.37. The van der Waals surface area contributed by atoms with E-state index in [1.807, 2.05) is 14.0 Å². The predicted molar refractivity (Wildman–Crippen MR) is 71.7 cm³/mol. The molecular formula is C13H24N4O. The molecule has 1 unspecified atom stereocenters. The lowest BCUT2D eigenvalue weighted by Gasteiger charge is -2.34. The highest BCUT2D eigenvalue weighted by Crippen LogP contribution is 2.32. The summed E-state index contributed by atoms with van der Waals surface area (Å²) in [5.74, 6) is 0.841. The van der Waals surface area contributed by atoms with Gasteiger partial charge in [-0.2, -0.15) is 5.10 Å². The number of piperidine rings is 1. The first-order chi connectivity index (χ1) is 8.69. The predicted octanol–water partition coefficient (Wildman–Crippen LogP) is 1.22. The van der Waals surface area contributed by atoms with Crippen molar-refractivity contribution >= 4 is 0 Å². The maximum atomic E-state index is 6.00. The number of nitrogens with zero attached hydrogens (tertiary/aromatic N) is 3. The van der Waals surface area contributed by atoms with Crippen LogP contribution in [0, 0.1) is 6.92 Å². The minimum Gasteiger partial charge on any atom is -0.481 e. The van der Waals surface area contributed by atoms with Crippen LogP contribution in [0.1, 0.15) is 36.6 Å². The second kappa shape index (κ2) is 5.71. The Balaban J connectivity index is 2.31. The van der Waals surface area contributed by atoms with Crippen LogP contribution in [0.5, 0.6) is 5.88 Å². The van der Waals surface area contributed by atoms with Crippen LogP contribution in [-0.4, -0.2) is 41.4 Å². The standard InChI is InChI=1S/C13H24N4O/c1-10-12(13(18-3)16(2)15-10)11(9-14)17-7-5-4-6-8-17/h11H,4-9,14H2,1-3H3. The van der Waals surface area contributed by atoms with Crippen LogP contribution in [0.3, 0.4) is 0 Å². The highest BCUT2D eigenvalue weighted by Gasteiger charge is 2.28. The van der Waals surface area contributed by atoms with Crippen molar-refractivity contribution in [3.05, 3.63) is 11.3 Å². The molecule has 1 saturated heterocycles. The average molecular weight is 252 g/mol. The van der Waals surface area contributed by atoms with Crippen molar-refractivity contribution in [1.29, 1.82) is 0 Å². The molecule has 2 N–H and O–H groups in total. The lowest BCUT2D eigenvalue weighted by atomic mass is 10.0. The molecule has 18 heavy (non-hydrogen) atoms. The van der Waals surface area contributed by atoms with Gasteiger partial charge < -0.3 is 10.5 Å². The third-order valence-corrected chi connectivity index (χ3v) is 3.80. The smallest absolute Gasteiger partial charge is 0.216 e. The van der Waals surface area contributed by atoms with E-state index in [9.17, 15) is 0 Å². The average Bonchev–Trinajstić information content (AvgIpc) is 2.66. The Morgan fingerprint density at radius 2 is 2.00 bits per heavy atom. The number of nitrogens with two attached hydrogens (primary N) is 1. The molecule has 5 heteroatoms. The minimum atomic E-state index is 0.231. The molecule has 2 rings (SSSR count). The van der Waals surface area contributed by atoms with Crippen molar-refractivity contribution in [1.82, 2.24) is 14.7 Å². The maximum absolute atomic E-state index is 6.00. The fraction of sp³-hybridized carbons (Fsp3) is 0.769. The summed E-state index contributed by atoms with van der Waals surface area (Å²) in [4.78, 5) is 2.47. The number of ether oxygens (including phenoxy) is 1. The summed E-state index contributed by atoms with van der Waals surface area (Å²) in [5.41, 5.74) is 8.18. The number of hydrogen-bond acceptors (Lipinski definition) is 4. The highest BCUT2D eigenvalue weighted by atomic mass is 16.5. The first-order valence-corrected chi connectivity index (χ1v) is 6.70. The summed E-state index contributed by atoms with van der Waals surface area (Å²) in [6, 6.07) is 0.231. The van der Waals surface area contributed by atoms with E-state index in [1.165, 1.54) is 19.3 Å². The number of rotatable bonds is 4. The Labute approximate surface area is 109 Å². The maximum Gasteiger partial charge on any atom is 0.216 e. The van der Waals surface area contributed by atoms with Gasteiger partial charge in [-0.3, -0.25) is 4.90 Å². The zero-order valence-electron chi connectivity index (χ0n) is 11.6. The zero-order chi connectivity index (χ0) is 13.1. The molecule has 0 aromatic carbocycles. The second-order valence-corrected chi connectivity index (χ2v) is 4.98. The third-order valence-electron chi connectivity index (χ3n) is 3.80. The van der Waals surface area contributed by atoms with E-state index in [1.54, 1.807) is 11.8 Å². The fourth-order valence-electron chi connectivity index (χ4n) is 2.96. The van der Waals surface area contributed by atoms with Crippen molar-refractivity contribution in [3.8, 4) is 5.88 Å². The van der Waals surface area contributed by atoms with Gasteiger partial charge in [0.25, 0.3) is 0 Å². The molecule has 2 heterocycles. The lowest BCUT2D eigenvalue weighted by molar-refractivity contribution is 0.164. The van der Waals surface area contributed by atoms with Crippen LogP contribution >= 0.6 is 0 Å². The van der Waals surface area contributed by atoms with Crippen molar-refractivity contribution in [2.24, 2.45) is 12.8 Å². The molecule has 0 bridgehead atoms. The second-order valence-electron chi connectivity index (χ2n) is 4.98. The van der Waals surface area contributed by atoms with Crippen LogP contribution < -0.4 is 10.5 Å². The summed E-state index contributed by atoms with van der Waals surface area (Å²) in [6.07, 6.45) is 3.85. The van der Waals surface area contributed by atoms with Crippen molar-refractivity contribution in [3.63, 3.8) is 0 Å². The van der Waals surface area contributed by atoms with E-state index in [-0.39, 0.29) is 6.04 Å². The van der Waals surface area contributed by atoms with Gasteiger partial charge in [0, 0.05) is 13.6 Å². The Hall–Kier alpha value is -1.07. The molecule has 0 spiro atoms. The van der Waals surface area contributed by atoms with Gasteiger partial charge in [-0.15, -0.1) is 0 Å². The summed E-state index contributed by atoms with van der Waals surface area (Å²) >= 11 is 0. The molecule has 1 aromatic rings. The number of aromatic nitrogens is 2. The monoisotopic (exact) mass is 252 g/mol. The van der Waals surface area contributed by atoms with Crippen molar-refractivity contribution < 1.29 is 4.74 Å². The van der Waals surface area contributed by atoms with Crippen molar-refractivity contribution in [2.45, 2.75) is 32.2 Å². The van der Waals surface area contributed by atoms with Gasteiger partial charge in [-0.25, -0.2) is 4.68 Å². The topological polar surface area (TPSA) is 56.3 Å². The first-order valence-electron chi connectivity index (χ1n) is 6.70. The molecule has 1 atom stereocenters. The number of likely N-dealkylation sites (tertiary alicyclic amines) is 1. The molecule has 5 nitrogen and oxygen atoms in total. The fourth-order valence-corrected chi connectivity index (χ4v) is 2.96. The normalized spacial score (nSPS) is 18.9. The van der Waals surface area contributed by atoms with Crippen LogP contribution in [0.15, 0.2) is 0 Å². The molecule has 1 aliphatic rings. The van der Waals surface area contributed by atoms with Gasteiger partial charge in [0.15, 0.2) is 0 Å². The van der Waals surface area contributed by atoms with Gasteiger partial charge >= 0.3 is 0 Å². The Morgan fingerprint density at radius 3 is 2.56 bits per heavy atom. The van der Waals surface area contributed by atoms with Gasteiger partial charge in [0.1, 0.15) is 0 Å². The molecular weight excluding hydrogens is 228 g/mol. The summed E-state index contributed by atoms with van der Waals surface area (Å²) in [5, 5.41) is 4.45. The summed E-state index contributed by atoms with van der Waals surface area (Å²) in [6.45, 7) is 4.89. The number of aryl methyl sites for hydroxylation is 2. The zero-order valence-corrected chi connectivity index (χ0v) is 11.6. The van der Waals surface area contributed by atoms with E-state index in [2.05, 4.69) is 10.00 Å². The Morgan fingerprint density at radius 1 is 1.33 bits per heavy atom. The highest BCUT2D eigenvalue weighted by molar-refractivity contribution is 5.34. The van der Waals surface area contributed by atoms with E-state index in [4.69, 9.17) is 10.5 Å². The van der Waals surface area contributed by atoms with Gasteiger partial charge in [0.2, 0.25) is 5.88 Å². The van der Waals surface area contributed by atoms with E-state index in [0.29, 0.717) is 6.54 Å². The molecule has 0 aliphatic carbocycles. The SMILES string of the molecule is COc1c(C(CN)N2CCCCC2)c(C)nn1C. The van der Waals surface area contributed by atoms with E-state index < -0.39 is 0 Å². The van der Waals surface area contributed by atoms with E-state index >= 15 is 0 Å². The number of hydrogen-bond donors (Lipinski definition) is 1. The van der Waals surface area contributed by atoms with Gasteiger partial charge in [0.05, 0.1) is 24.4 Å². The summed E-state index contributed by atoms with van der Waals surface area (Å²) < 4.78 is 7.29. The summed E-state index contributed by atoms with van der Waals surface area (Å²) in [7, 11) is 3.61. The van der Waals surface area contributed by atoms with Gasteiger partial charge in [-0.05, 0) is 32.9 Å². The molecule has 1 aromatic heterocycles. The molecule has 1 fully saturated rings. The van der Waals surface area contributed by atoms with Crippen LogP contribution in [0.2, 0.25) is 0 Å². The van der Waals surface area contributed by atoms with Crippen LogP contribution in [0.25, 0.3) is 0 Å². The molecule has 1 aliphatic heterocycles. The molecule has 102 valence electrons. The van der Waals surface area contributed by atoms with Gasteiger partial charge in [-0.1, -0.05) is 6.42 Å².